The first-order valence-electron chi connectivity index (χ1n) is 6.22. The van der Waals surface area contributed by atoms with Crippen molar-refractivity contribution in [1.29, 1.82) is 5.26 Å². The molecule has 0 fully saturated rings. The second kappa shape index (κ2) is 8.51. The van der Waals surface area contributed by atoms with Crippen LogP contribution in [0, 0.1) is 23.2 Å². The van der Waals surface area contributed by atoms with Crippen molar-refractivity contribution in [2.24, 2.45) is 11.8 Å². The number of carbonyl (C=O) groups excluding carboxylic acids is 2. The first-order chi connectivity index (χ1) is 8.46. The lowest BCUT2D eigenvalue weighted by Crippen LogP contribution is -2.30. The molecule has 5 nitrogen and oxygen atoms in total. The van der Waals surface area contributed by atoms with E-state index >= 15 is 0 Å². The van der Waals surface area contributed by atoms with Crippen molar-refractivity contribution in [3.63, 3.8) is 0 Å². The summed E-state index contributed by atoms with van der Waals surface area (Å²) in [6.07, 6.45) is -0.0418. The third kappa shape index (κ3) is 5.67. The van der Waals surface area contributed by atoms with Crippen LogP contribution in [-0.4, -0.2) is 24.6 Å². The maximum Gasteiger partial charge on any atom is 0.321 e. The van der Waals surface area contributed by atoms with Gasteiger partial charge in [0.25, 0.3) is 0 Å². The van der Waals surface area contributed by atoms with E-state index in [4.69, 9.17) is 14.7 Å². The number of hydrogen-bond acceptors (Lipinski definition) is 5. The molecule has 0 amide bonds. The van der Waals surface area contributed by atoms with Gasteiger partial charge >= 0.3 is 11.9 Å². The Balaban J connectivity index is 4.51. The van der Waals surface area contributed by atoms with Crippen molar-refractivity contribution in [2.75, 3.05) is 6.61 Å². The van der Waals surface area contributed by atoms with Gasteiger partial charge in [-0.05, 0) is 19.3 Å². The molecule has 0 aromatic heterocycles. The van der Waals surface area contributed by atoms with E-state index < -0.39 is 24.0 Å². The molecule has 0 saturated carbocycles. The molecule has 0 bridgehead atoms. The highest BCUT2D eigenvalue weighted by atomic mass is 16.6. The number of ether oxygens (including phenoxy) is 2. The number of nitriles is 1. The normalized spacial score (nSPS) is 13.6. The lowest BCUT2D eigenvalue weighted by atomic mass is 10.1. The number of esters is 2. The van der Waals surface area contributed by atoms with E-state index in [2.05, 4.69) is 0 Å². The van der Waals surface area contributed by atoms with E-state index in [0.717, 1.165) is 0 Å². The first-order valence-corrected chi connectivity index (χ1v) is 6.22. The zero-order valence-corrected chi connectivity index (χ0v) is 11.4. The average molecular weight is 255 g/mol. The molecule has 0 rings (SSSR count). The SMILES string of the molecule is CCOC(=O)C(CC)C(=O)OC(C#N)CC(C)C. The van der Waals surface area contributed by atoms with Crippen LogP contribution in [0.5, 0.6) is 0 Å². The molecule has 102 valence electrons. The molecule has 0 aliphatic rings. The van der Waals surface area contributed by atoms with Crippen LogP contribution in [0.15, 0.2) is 0 Å². The third-order valence-corrected chi connectivity index (χ3v) is 2.35. The van der Waals surface area contributed by atoms with Crippen LogP contribution in [0.3, 0.4) is 0 Å². The molecular formula is C13H21NO4. The minimum absolute atomic E-state index is 0.219. The van der Waals surface area contributed by atoms with Crippen LogP contribution in [0.2, 0.25) is 0 Å². The fourth-order valence-corrected chi connectivity index (χ4v) is 1.45. The largest absolute Gasteiger partial charge is 0.465 e. The van der Waals surface area contributed by atoms with Gasteiger partial charge in [-0.2, -0.15) is 5.26 Å². The predicted octanol–water partition coefficient (Wildman–Crippen LogP) is 2.06. The van der Waals surface area contributed by atoms with Crippen molar-refractivity contribution in [2.45, 2.75) is 46.6 Å². The minimum Gasteiger partial charge on any atom is -0.465 e. The van der Waals surface area contributed by atoms with Crippen LogP contribution < -0.4 is 0 Å². The molecule has 0 N–H and O–H groups in total. The topological polar surface area (TPSA) is 76.4 Å². The highest BCUT2D eigenvalue weighted by Gasteiger charge is 2.29. The Morgan fingerprint density at radius 3 is 2.22 bits per heavy atom. The van der Waals surface area contributed by atoms with E-state index in [-0.39, 0.29) is 12.5 Å². The quantitative estimate of drug-likeness (QED) is 0.514. The molecule has 0 radical (unpaired) electrons. The third-order valence-electron chi connectivity index (χ3n) is 2.35. The zero-order chi connectivity index (χ0) is 14.1. The Morgan fingerprint density at radius 2 is 1.83 bits per heavy atom. The standard InChI is InChI=1S/C13H21NO4/c1-5-11(12(15)17-6-2)13(16)18-10(8-14)7-9(3)4/h9-11H,5-7H2,1-4H3. The summed E-state index contributed by atoms with van der Waals surface area (Å²) in [4.78, 5) is 23.3. The summed E-state index contributed by atoms with van der Waals surface area (Å²) < 4.78 is 9.82. The summed E-state index contributed by atoms with van der Waals surface area (Å²) in [5.41, 5.74) is 0. The van der Waals surface area contributed by atoms with Gasteiger partial charge in [0, 0.05) is 6.42 Å². The van der Waals surface area contributed by atoms with E-state index in [0.29, 0.717) is 12.8 Å². The van der Waals surface area contributed by atoms with Gasteiger partial charge in [-0.25, -0.2) is 0 Å². The van der Waals surface area contributed by atoms with Crippen molar-refractivity contribution < 1.29 is 19.1 Å². The van der Waals surface area contributed by atoms with Gasteiger partial charge in [-0.15, -0.1) is 0 Å². The van der Waals surface area contributed by atoms with Gasteiger partial charge in [-0.1, -0.05) is 20.8 Å². The fraction of sp³-hybridized carbons (Fsp3) is 0.769. The highest BCUT2D eigenvalue weighted by Crippen LogP contribution is 2.13. The summed E-state index contributed by atoms with van der Waals surface area (Å²) >= 11 is 0. The molecule has 5 heteroatoms. The van der Waals surface area contributed by atoms with Gasteiger partial charge in [0.05, 0.1) is 6.61 Å². The van der Waals surface area contributed by atoms with Gasteiger partial charge < -0.3 is 9.47 Å². The number of hydrogen-bond donors (Lipinski definition) is 0. The number of carbonyl (C=O) groups is 2. The molecule has 0 aromatic rings. The highest BCUT2D eigenvalue weighted by molar-refractivity contribution is 5.94. The molecule has 0 saturated heterocycles. The summed E-state index contributed by atoms with van der Waals surface area (Å²) in [6, 6.07) is 1.92. The second-order valence-electron chi connectivity index (χ2n) is 4.40. The summed E-state index contributed by atoms with van der Waals surface area (Å²) in [6.45, 7) is 7.46. The maximum absolute atomic E-state index is 11.8. The molecule has 0 aliphatic heterocycles. The van der Waals surface area contributed by atoms with Crippen molar-refractivity contribution >= 4 is 11.9 Å². The van der Waals surface area contributed by atoms with Crippen LogP contribution in [-0.2, 0) is 19.1 Å². The lowest BCUT2D eigenvalue weighted by molar-refractivity contribution is -0.164. The molecule has 0 heterocycles. The van der Waals surface area contributed by atoms with Crippen molar-refractivity contribution in [3.05, 3.63) is 0 Å². The van der Waals surface area contributed by atoms with E-state index in [1.54, 1.807) is 13.8 Å². The fourth-order valence-electron chi connectivity index (χ4n) is 1.45. The van der Waals surface area contributed by atoms with E-state index in [1.807, 2.05) is 19.9 Å². The average Bonchev–Trinajstić information content (AvgIpc) is 2.28. The van der Waals surface area contributed by atoms with Crippen LogP contribution >= 0.6 is 0 Å². The van der Waals surface area contributed by atoms with E-state index in [1.165, 1.54) is 0 Å². The Labute approximate surface area is 108 Å². The van der Waals surface area contributed by atoms with Gasteiger partial charge in [0.15, 0.2) is 12.0 Å². The molecular weight excluding hydrogens is 234 g/mol. The van der Waals surface area contributed by atoms with Gasteiger partial charge in [0.1, 0.15) is 6.07 Å². The van der Waals surface area contributed by atoms with Crippen molar-refractivity contribution in [3.8, 4) is 6.07 Å². The van der Waals surface area contributed by atoms with Crippen molar-refractivity contribution in [1.82, 2.24) is 0 Å². The Hall–Kier alpha value is -1.57. The number of rotatable bonds is 7. The minimum atomic E-state index is -0.937. The predicted molar refractivity (Wildman–Crippen MR) is 65.4 cm³/mol. The smallest absolute Gasteiger partial charge is 0.321 e. The molecule has 0 aromatic carbocycles. The summed E-state index contributed by atoms with van der Waals surface area (Å²) in [7, 11) is 0. The summed E-state index contributed by atoms with van der Waals surface area (Å²) in [5.74, 6) is -1.97. The Morgan fingerprint density at radius 1 is 1.22 bits per heavy atom. The lowest BCUT2D eigenvalue weighted by Gasteiger charge is -2.17. The first kappa shape index (κ1) is 16.4. The second-order valence-corrected chi connectivity index (χ2v) is 4.40. The Kier molecular flexibility index (Phi) is 7.77. The van der Waals surface area contributed by atoms with Crippen LogP contribution in [0.25, 0.3) is 0 Å². The Bertz CT molecular complexity index is 319. The molecule has 0 spiro atoms. The number of nitrogens with zero attached hydrogens (tertiary/aromatic N) is 1. The van der Waals surface area contributed by atoms with Crippen LogP contribution in [0.1, 0.15) is 40.5 Å². The zero-order valence-electron chi connectivity index (χ0n) is 11.4. The van der Waals surface area contributed by atoms with Gasteiger partial charge in [-0.3, -0.25) is 9.59 Å². The molecule has 2 atom stereocenters. The molecule has 0 aliphatic carbocycles. The molecule has 2 unspecified atom stereocenters. The monoisotopic (exact) mass is 255 g/mol. The molecule has 18 heavy (non-hydrogen) atoms. The van der Waals surface area contributed by atoms with Crippen LogP contribution in [0.4, 0.5) is 0 Å². The van der Waals surface area contributed by atoms with Gasteiger partial charge in [0.2, 0.25) is 0 Å². The maximum atomic E-state index is 11.8. The summed E-state index contributed by atoms with van der Waals surface area (Å²) in [5, 5.41) is 8.88. The van der Waals surface area contributed by atoms with E-state index in [9.17, 15) is 9.59 Å².